The molecule has 186 valence electrons. The van der Waals surface area contributed by atoms with Gasteiger partial charge in [0.15, 0.2) is 18.1 Å². The quantitative estimate of drug-likeness (QED) is 0.113. The number of halogens is 5. The second kappa shape index (κ2) is 9.68. The van der Waals surface area contributed by atoms with Crippen LogP contribution in [0.1, 0.15) is 21.5 Å². The Morgan fingerprint density at radius 1 is 0.972 bits per heavy atom. The molecule has 0 fully saturated rings. The Labute approximate surface area is 200 Å². The summed E-state index contributed by atoms with van der Waals surface area (Å²) in [5, 5.41) is 0. The molecule has 0 bridgehead atoms. The number of fused-ring (bicyclic) bond motifs is 1. The zero-order chi connectivity index (χ0) is 26.1. The summed E-state index contributed by atoms with van der Waals surface area (Å²) in [5.41, 5.74) is 1.21. The van der Waals surface area contributed by atoms with Gasteiger partial charge in [0.1, 0.15) is 17.2 Å². The van der Waals surface area contributed by atoms with Crippen LogP contribution in [0, 0.1) is 36.0 Å². The summed E-state index contributed by atoms with van der Waals surface area (Å²) < 4.78 is 87.5. The van der Waals surface area contributed by atoms with E-state index >= 15 is 0 Å². The SMILES string of the molecule is COc1ccccc1/C=C1\Oc2cc(OC(=O)COc3c(F)c(F)c(F)c(F)c3F)cc(C)c2C1=O. The molecule has 36 heavy (non-hydrogen) atoms. The van der Waals surface area contributed by atoms with Gasteiger partial charge in [-0.3, -0.25) is 4.79 Å². The number of benzene rings is 3. The van der Waals surface area contributed by atoms with Crippen molar-refractivity contribution in [3.63, 3.8) is 0 Å². The number of allylic oxidation sites excluding steroid dienone is 1. The Hall–Kier alpha value is -4.41. The highest BCUT2D eigenvalue weighted by molar-refractivity contribution is 6.15. The van der Waals surface area contributed by atoms with Crippen LogP contribution in [-0.2, 0) is 4.79 Å². The van der Waals surface area contributed by atoms with E-state index in [0.29, 0.717) is 16.9 Å². The number of para-hydroxylation sites is 1. The summed E-state index contributed by atoms with van der Waals surface area (Å²) in [4.78, 5) is 24.9. The Bertz CT molecular complexity index is 1400. The number of ketones is 1. The van der Waals surface area contributed by atoms with Crippen LogP contribution in [0.25, 0.3) is 6.08 Å². The van der Waals surface area contributed by atoms with E-state index in [-0.39, 0.29) is 22.8 Å². The van der Waals surface area contributed by atoms with Crippen LogP contribution in [0.15, 0.2) is 42.2 Å². The molecule has 0 atom stereocenters. The molecule has 3 aromatic carbocycles. The molecule has 0 N–H and O–H groups in total. The number of hydrogen-bond donors (Lipinski definition) is 0. The summed E-state index contributed by atoms with van der Waals surface area (Å²) in [6.45, 7) is 0.391. The van der Waals surface area contributed by atoms with Crippen molar-refractivity contribution in [2.75, 3.05) is 13.7 Å². The summed E-state index contributed by atoms with van der Waals surface area (Å²) in [5.74, 6) is -14.0. The van der Waals surface area contributed by atoms with Crippen LogP contribution in [0.5, 0.6) is 23.0 Å². The maximum Gasteiger partial charge on any atom is 0.349 e. The van der Waals surface area contributed by atoms with Crippen LogP contribution < -0.4 is 18.9 Å². The number of rotatable bonds is 6. The summed E-state index contributed by atoms with van der Waals surface area (Å²) in [7, 11) is 1.48. The van der Waals surface area contributed by atoms with E-state index in [1.807, 2.05) is 0 Å². The highest BCUT2D eigenvalue weighted by Gasteiger charge is 2.31. The van der Waals surface area contributed by atoms with E-state index in [0.717, 1.165) is 0 Å². The van der Waals surface area contributed by atoms with Crippen molar-refractivity contribution in [3.8, 4) is 23.0 Å². The number of carbonyl (C=O) groups is 2. The lowest BCUT2D eigenvalue weighted by molar-refractivity contribution is -0.136. The summed E-state index contributed by atoms with van der Waals surface area (Å²) in [6.07, 6.45) is 1.49. The molecule has 11 heteroatoms. The molecule has 0 saturated heterocycles. The first-order valence-electron chi connectivity index (χ1n) is 10.2. The Morgan fingerprint density at radius 3 is 2.28 bits per heavy atom. The van der Waals surface area contributed by atoms with E-state index in [2.05, 4.69) is 4.74 Å². The Morgan fingerprint density at radius 2 is 1.61 bits per heavy atom. The van der Waals surface area contributed by atoms with Gasteiger partial charge < -0.3 is 18.9 Å². The maximum atomic E-state index is 13.7. The maximum absolute atomic E-state index is 13.7. The lowest BCUT2D eigenvalue weighted by atomic mass is 10.0. The molecule has 6 nitrogen and oxygen atoms in total. The molecule has 0 aromatic heterocycles. The van der Waals surface area contributed by atoms with E-state index in [4.69, 9.17) is 14.2 Å². The minimum Gasteiger partial charge on any atom is -0.496 e. The van der Waals surface area contributed by atoms with Gasteiger partial charge in [-0.1, -0.05) is 18.2 Å². The number of aryl methyl sites for hydroxylation is 1. The predicted molar refractivity (Wildman–Crippen MR) is 114 cm³/mol. The highest BCUT2D eigenvalue weighted by atomic mass is 19.2. The minimum atomic E-state index is -2.36. The van der Waals surface area contributed by atoms with Crippen molar-refractivity contribution in [1.29, 1.82) is 0 Å². The Kier molecular flexibility index (Phi) is 6.65. The van der Waals surface area contributed by atoms with E-state index in [1.165, 1.54) is 25.3 Å². The second-order valence-corrected chi connectivity index (χ2v) is 7.46. The van der Waals surface area contributed by atoms with E-state index < -0.39 is 53.2 Å². The predicted octanol–water partition coefficient (Wildman–Crippen LogP) is 5.30. The average Bonchev–Trinajstić information content (AvgIpc) is 3.16. The molecule has 1 heterocycles. The zero-order valence-electron chi connectivity index (χ0n) is 18.6. The fraction of sp³-hybridized carbons (Fsp3) is 0.120. The first kappa shape index (κ1) is 24.7. The normalized spacial score (nSPS) is 13.4. The smallest absolute Gasteiger partial charge is 0.349 e. The third-order valence-corrected chi connectivity index (χ3v) is 5.10. The van der Waals surface area contributed by atoms with Crippen molar-refractivity contribution in [3.05, 3.63) is 87.9 Å². The van der Waals surface area contributed by atoms with Crippen molar-refractivity contribution in [2.45, 2.75) is 6.92 Å². The molecular weight excluding hydrogens is 491 g/mol. The van der Waals surface area contributed by atoms with Gasteiger partial charge in [-0.15, -0.1) is 0 Å². The number of esters is 1. The van der Waals surface area contributed by atoms with Gasteiger partial charge in [0.05, 0.1) is 12.7 Å². The van der Waals surface area contributed by atoms with Crippen LogP contribution >= 0.6 is 0 Å². The van der Waals surface area contributed by atoms with Gasteiger partial charge in [-0.05, 0) is 30.7 Å². The second-order valence-electron chi connectivity index (χ2n) is 7.46. The standard InChI is InChI=1S/C25H15F5O6/c1-11-7-13(35-17(31)10-34-25-22(29)20(27)19(26)21(28)23(25)30)9-15-18(11)24(32)16(36-15)8-12-5-3-4-6-14(12)33-2/h3-9H,10H2,1-2H3/b16-8-. The van der Waals surface area contributed by atoms with Gasteiger partial charge >= 0.3 is 5.97 Å². The average molecular weight is 506 g/mol. The minimum absolute atomic E-state index is 0.00396. The first-order chi connectivity index (χ1) is 17.1. The number of Topliss-reactive ketones (excluding diaryl/α,β-unsaturated/α-hetero) is 1. The molecule has 0 unspecified atom stereocenters. The number of carbonyl (C=O) groups excluding carboxylic acids is 2. The fourth-order valence-electron chi connectivity index (χ4n) is 3.47. The third-order valence-electron chi connectivity index (χ3n) is 5.10. The van der Waals surface area contributed by atoms with Gasteiger partial charge in [0, 0.05) is 11.6 Å². The van der Waals surface area contributed by atoms with Gasteiger partial charge in [0.2, 0.25) is 34.9 Å². The molecule has 0 amide bonds. The van der Waals surface area contributed by atoms with Crippen LogP contribution in [-0.4, -0.2) is 25.5 Å². The van der Waals surface area contributed by atoms with Crippen molar-refractivity contribution in [2.24, 2.45) is 0 Å². The van der Waals surface area contributed by atoms with Crippen molar-refractivity contribution < 1.29 is 50.5 Å². The third kappa shape index (κ3) is 4.47. The van der Waals surface area contributed by atoms with Gasteiger partial charge in [-0.2, -0.15) is 8.78 Å². The van der Waals surface area contributed by atoms with Crippen molar-refractivity contribution in [1.82, 2.24) is 0 Å². The van der Waals surface area contributed by atoms with Gasteiger partial charge in [-0.25, -0.2) is 18.0 Å². The van der Waals surface area contributed by atoms with Crippen LogP contribution in [0.4, 0.5) is 22.0 Å². The fourth-order valence-corrected chi connectivity index (χ4v) is 3.47. The highest BCUT2D eigenvalue weighted by Crippen LogP contribution is 2.38. The molecule has 1 aliphatic rings. The molecule has 4 rings (SSSR count). The zero-order valence-corrected chi connectivity index (χ0v) is 18.6. The summed E-state index contributed by atoms with van der Waals surface area (Å²) >= 11 is 0. The molecule has 0 spiro atoms. The Balaban J connectivity index is 1.51. The van der Waals surface area contributed by atoms with Gasteiger partial charge in [0.25, 0.3) is 0 Å². The van der Waals surface area contributed by atoms with Crippen LogP contribution in [0.3, 0.4) is 0 Å². The molecule has 3 aromatic rings. The van der Waals surface area contributed by atoms with Crippen molar-refractivity contribution >= 4 is 17.8 Å². The first-order valence-corrected chi connectivity index (χ1v) is 10.2. The lowest BCUT2D eigenvalue weighted by Gasteiger charge is -2.11. The number of hydrogen-bond acceptors (Lipinski definition) is 6. The van der Waals surface area contributed by atoms with E-state index in [9.17, 15) is 31.5 Å². The summed E-state index contributed by atoms with van der Waals surface area (Å²) in [6, 6.07) is 9.50. The number of ether oxygens (including phenoxy) is 4. The topological polar surface area (TPSA) is 71.1 Å². The molecular formula is C25H15F5O6. The molecule has 0 aliphatic carbocycles. The van der Waals surface area contributed by atoms with E-state index in [1.54, 1.807) is 31.2 Å². The lowest BCUT2D eigenvalue weighted by Crippen LogP contribution is -2.19. The molecule has 0 saturated carbocycles. The largest absolute Gasteiger partial charge is 0.496 e. The molecule has 0 radical (unpaired) electrons. The van der Waals surface area contributed by atoms with Crippen LogP contribution in [0.2, 0.25) is 0 Å². The monoisotopic (exact) mass is 506 g/mol. The molecule has 1 aliphatic heterocycles. The number of methoxy groups -OCH3 is 1.